The van der Waals surface area contributed by atoms with Gasteiger partial charge in [0.15, 0.2) is 0 Å². The summed E-state index contributed by atoms with van der Waals surface area (Å²) in [5.74, 6) is 1.08. The molecule has 0 saturated carbocycles. The number of nitrogens with one attached hydrogen (secondary N) is 1. The van der Waals surface area contributed by atoms with Crippen LogP contribution in [0.4, 0.5) is 5.69 Å². The molecule has 0 aliphatic rings. The second kappa shape index (κ2) is 12.1. The Bertz CT molecular complexity index is 916. The molecule has 8 nitrogen and oxygen atoms in total. The molecule has 0 aliphatic carbocycles. The number of nitro benzene ring substituents is 1. The van der Waals surface area contributed by atoms with Crippen LogP contribution in [0.15, 0.2) is 48.5 Å². The minimum atomic E-state index is -0.632. The van der Waals surface area contributed by atoms with Crippen molar-refractivity contribution in [2.75, 3.05) is 12.9 Å². The first-order valence-corrected chi connectivity index (χ1v) is 11.4. The lowest BCUT2D eigenvalue weighted by molar-refractivity contribution is -0.384. The number of thioether (sulfide) groups is 1. The molecule has 2 rings (SSSR count). The van der Waals surface area contributed by atoms with Crippen molar-refractivity contribution in [2.24, 2.45) is 0 Å². The van der Waals surface area contributed by atoms with E-state index < -0.39 is 11.0 Å². The van der Waals surface area contributed by atoms with Crippen molar-refractivity contribution in [2.45, 2.75) is 45.2 Å². The van der Waals surface area contributed by atoms with Gasteiger partial charge in [-0.2, -0.15) is 0 Å². The molecular formula is C23H29N3O5S. The van der Waals surface area contributed by atoms with Gasteiger partial charge in [-0.15, -0.1) is 11.8 Å². The molecule has 32 heavy (non-hydrogen) atoms. The summed E-state index contributed by atoms with van der Waals surface area (Å²) in [5.41, 5.74) is 1.81. The molecule has 0 aliphatic heterocycles. The van der Waals surface area contributed by atoms with Crippen LogP contribution in [0.5, 0.6) is 5.75 Å². The van der Waals surface area contributed by atoms with Gasteiger partial charge in [0.1, 0.15) is 11.8 Å². The number of hydrogen-bond acceptors (Lipinski definition) is 6. The van der Waals surface area contributed by atoms with Crippen LogP contribution in [0, 0.1) is 10.1 Å². The van der Waals surface area contributed by atoms with Crippen LogP contribution >= 0.6 is 11.8 Å². The quantitative estimate of drug-likeness (QED) is 0.405. The van der Waals surface area contributed by atoms with Crippen molar-refractivity contribution in [3.63, 3.8) is 0 Å². The number of nitro groups is 1. The monoisotopic (exact) mass is 459 g/mol. The minimum Gasteiger partial charge on any atom is -0.497 e. The van der Waals surface area contributed by atoms with E-state index in [1.54, 1.807) is 31.1 Å². The molecule has 2 aromatic rings. The average molecular weight is 460 g/mol. The number of rotatable bonds is 11. The van der Waals surface area contributed by atoms with Gasteiger partial charge in [-0.25, -0.2) is 0 Å². The summed E-state index contributed by atoms with van der Waals surface area (Å²) in [5, 5.41) is 13.6. The molecule has 1 atom stereocenters. The zero-order chi connectivity index (χ0) is 23.7. The summed E-state index contributed by atoms with van der Waals surface area (Å²) in [6.45, 7) is 5.77. The summed E-state index contributed by atoms with van der Waals surface area (Å²) in [7, 11) is 1.59. The minimum absolute atomic E-state index is 0.0283. The molecular weight excluding hydrogens is 430 g/mol. The van der Waals surface area contributed by atoms with Crippen LogP contribution in [0.25, 0.3) is 0 Å². The summed E-state index contributed by atoms with van der Waals surface area (Å²) >= 11 is 1.40. The van der Waals surface area contributed by atoms with Crippen LogP contribution in [0.3, 0.4) is 0 Å². The van der Waals surface area contributed by atoms with Crippen molar-refractivity contribution in [3.05, 3.63) is 69.8 Å². The fraction of sp³-hybridized carbons (Fsp3) is 0.391. The Hall–Kier alpha value is -3.07. The van der Waals surface area contributed by atoms with Gasteiger partial charge in [0.05, 0.1) is 17.8 Å². The Kier molecular flexibility index (Phi) is 9.52. The molecule has 0 aromatic heterocycles. The van der Waals surface area contributed by atoms with E-state index in [2.05, 4.69) is 5.32 Å². The number of carbonyl (C=O) groups is 2. The molecule has 2 amide bonds. The van der Waals surface area contributed by atoms with E-state index in [1.165, 1.54) is 23.9 Å². The fourth-order valence-corrected chi connectivity index (χ4v) is 3.84. The van der Waals surface area contributed by atoms with E-state index in [1.807, 2.05) is 38.1 Å². The smallest absolute Gasteiger partial charge is 0.269 e. The van der Waals surface area contributed by atoms with Gasteiger partial charge >= 0.3 is 0 Å². The summed E-state index contributed by atoms with van der Waals surface area (Å²) in [4.78, 5) is 37.5. The first-order valence-electron chi connectivity index (χ1n) is 10.2. The Morgan fingerprint density at radius 2 is 1.66 bits per heavy atom. The van der Waals surface area contributed by atoms with E-state index in [0.717, 1.165) is 16.9 Å². The van der Waals surface area contributed by atoms with Gasteiger partial charge in [-0.1, -0.05) is 24.3 Å². The number of hydrogen-bond donors (Lipinski definition) is 1. The highest BCUT2D eigenvalue weighted by atomic mass is 32.2. The molecule has 0 fully saturated rings. The van der Waals surface area contributed by atoms with Crippen LogP contribution < -0.4 is 10.1 Å². The Labute approximate surface area is 192 Å². The van der Waals surface area contributed by atoms with Gasteiger partial charge in [0.2, 0.25) is 11.8 Å². The highest BCUT2D eigenvalue weighted by molar-refractivity contribution is 7.99. The number of benzene rings is 2. The average Bonchev–Trinajstić information content (AvgIpc) is 2.77. The Morgan fingerprint density at radius 1 is 1.06 bits per heavy atom. The van der Waals surface area contributed by atoms with Crippen molar-refractivity contribution in [1.82, 2.24) is 10.2 Å². The highest BCUT2D eigenvalue weighted by Crippen LogP contribution is 2.19. The molecule has 1 N–H and O–H groups in total. The number of nitrogens with zero attached hydrogens (tertiary/aromatic N) is 2. The Balaban J connectivity index is 2.05. The third-order valence-corrected chi connectivity index (χ3v) is 5.74. The highest BCUT2D eigenvalue weighted by Gasteiger charge is 2.26. The predicted octanol–water partition coefficient (Wildman–Crippen LogP) is 3.78. The number of methoxy groups -OCH3 is 1. The first kappa shape index (κ1) is 25.2. The molecule has 0 bridgehead atoms. The van der Waals surface area contributed by atoms with Crippen LogP contribution in [0.2, 0.25) is 0 Å². The Morgan fingerprint density at radius 3 is 2.19 bits per heavy atom. The molecule has 2 aromatic carbocycles. The third kappa shape index (κ3) is 7.56. The van der Waals surface area contributed by atoms with E-state index in [-0.39, 0.29) is 29.3 Å². The summed E-state index contributed by atoms with van der Waals surface area (Å²) < 4.78 is 5.18. The number of amides is 2. The molecule has 172 valence electrons. The molecule has 9 heteroatoms. The van der Waals surface area contributed by atoms with Gasteiger partial charge in [-0.3, -0.25) is 19.7 Å². The third-order valence-electron chi connectivity index (χ3n) is 4.75. The second-order valence-corrected chi connectivity index (χ2v) is 8.61. The lowest BCUT2D eigenvalue weighted by atomic mass is 10.1. The van der Waals surface area contributed by atoms with Crippen molar-refractivity contribution >= 4 is 29.3 Å². The number of carbonyl (C=O) groups excluding carboxylic acids is 2. The van der Waals surface area contributed by atoms with Crippen LogP contribution in [-0.4, -0.2) is 46.6 Å². The SMILES string of the molecule is COc1ccc(CN(C(=O)CSCc2ccc([N+](=O)[O-])cc2)C(C)C(=O)NC(C)C)cc1. The maximum Gasteiger partial charge on any atom is 0.269 e. The lowest BCUT2D eigenvalue weighted by Gasteiger charge is -2.29. The number of non-ortho nitro benzene ring substituents is 1. The van der Waals surface area contributed by atoms with E-state index >= 15 is 0 Å². The van der Waals surface area contributed by atoms with Crippen LogP contribution in [-0.2, 0) is 21.9 Å². The fourth-order valence-electron chi connectivity index (χ4n) is 2.97. The zero-order valence-electron chi connectivity index (χ0n) is 18.7. The zero-order valence-corrected chi connectivity index (χ0v) is 19.6. The lowest BCUT2D eigenvalue weighted by Crippen LogP contribution is -2.49. The van der Waals surface area contributed by atoms with Crippen molar-refractivity contribution in [3.8, 4) is 5.75 Å². The van der Waals surface area contributed by atoms with Gasteiger partial charge < -0.3 is 15.0 Å². The predicted molar refractivity (Wildman–Crippen MR) is 126 cm³/mol. The van der Waals surface area contributed by atoms with Gasteiger partial charge in [0, 0.05) is 30.5 Å². The van der Waals surface area contributed by atoms with E-state index in [4.69, 9.17) is 4.74 Å². The molecule has 0 heterocycles. The molecule has 1 unspecified atom stereocenters. The second-order valence-electron chi connectivity index (χ2n) is 7.63. The first-order chi connectivity index (χ1) is 15.2. The number of ether oxygens (including phenoxy) is 1. The van der Waals surface area contributed by atoms with Crippen molar-refractivity contribution < 1.29 is 19.2 Å². The maximum absolute atomic E-state index is 13.0. The molecule has 0 saturated heterocycles. The van der Waals surface area contributed by atoms with E-state index in [0.29, 0.717) is 12.3 Å². The van der Waals surface area contributed by atoms with Crippen molar-refractivity contribution in [1.29, 1.82) is 0 Å². The molecule has 0 radical (unpaired) electrons. The topological polar surface area (TPSA) is 102 Å². The summed E-state index contributed by atoms with van der Waals surface area (Å²) in [6.07, 6.45) is 0. The van der Waals surface area contributed by atoms with Gasteiger partial charge in [0.25, 0.3) is 5.69 Å². The summed E-state index contributed by atoms with van der Waals surface area (Å²) in [6, 6.07) is 13.0. The normalized spacial score (nSPS) is 11.7. The van der Waals surface area contributed by atoms with Crippen LogP contribution in [0.1, 0.15) is 31.9 Å². The maximum atomic E-state index is 13.0. The van der Waals surface area contributed by atoms with E-state index in [9.17, 15) is 19.7 Å². The van der Waals surface area contributed by atoms with Gasteiger partial charge in [-0.05, 0) is 44.0 Å². The standard InChI is InChI=1S/C23H29N3O5S/c1-16(2)24-23(28)17(3)25(13-18-7-11-21(31-4)12-8-18)22(27)15-32-14-19-5-9-20(10-6-19)26(29)30/h5-12,16-17H,13-15H2,1-4H3,(H,24,28). The largest absolute Gasteiger partial charge is 0.497 e. The molecule has 0 spiro atoms.